The molecular formula is C11H17N3O4. The van der Waals surface area contributed by atoms with Crippen LogP contribution in [0.15, 0.2) is 0 Å². The summed E-state index contributed by atoms with van der Waals surface area (Å²) in [4.78, 5) is 44.7. The van der Waals surface area contributed by atoms with Crippen LogP contribution in [0.2, 0.25) is 0 Å². The molecule has 100 valence electrons. The minimum Gasteiger partial charge on any atom is -0.368 e. The van der Waals surface area contributed by atoms with Gasteiger partial charge in [-0.3, -0.25) is 14.4 Å². The molecular weight excluding hydrogens is 238 g/mol. The Bertz CT molecular complexity index is 380. The first kappa shape index (κ1) is 14.1. The van der Waals surface area contributed by atoms with Gasteiger partial charge in [0.2, 0.25) is 17.7 Å². The van der Waals surface area contributed by atoms with E-state index in [4.69, 9.17) is 5.73 Å². The summed E-state index contributed by atoms with van der Waals surface area (Å²) in [6.07, 6.45) is 1.05. The molecule has 1 aliphatic rings. The maximum absolute atomic E-state index is 11.7. The first-order valence-corrected chi connectivity index (χ1v) is 5.78. The van der Waals surface area contributed by atoms with Gasteiger partial charge in [-0.05, 0) is 19.8 Å². The molecule has 0 unspecified atom stereocenters. The predicted molar refractivity (Wildman–Crippen MR) is 62.2 cm³/mol. The minimum atomic E-state index is -0.876. The topological polar surface area (TPSA) is 118 Å². The normalized spacial score (nSPS) is 20.1. The van der Waals surface area contributed by atoms with Crippen molar-refractivity contribution in [3.63, 3.8) is 0 Å². The number of nitrogens with two attached hydrogens (primary N) is 1. The van der Waals surface area contributed by atoms with E-state index in [-0.39, 0.29) is 24.5 Å². The fourth-order valence-corrected chi connectivity index (χ4v) is 1.72. The van der Waals surface area contributed by atoms with Crippen molar-refractivity contribution in [2.75, 3.05) is 0 Å². The summed E-state index contributed by atoms with van der Waals surface area (Å²) in [5.41, 5.74) is 5.14. The van der Waals surface area contributed by atoms with Crippen LogP contribution in [0.3, 0.4) is 0 Å². The maximum Gasteiger partial charge on any atom is 0.243 e. The Balaban J connectivity index is 2.49. The first-order chi connectivity index (χ1) is 8.40. The summed E-state index contributed by atoms with van der Waals surface area (Å²) in [7, 11) is 0. The standard InChI is InChI=1S/C11H17N3O4/c1-6(15)2-3-7(10(12)17)14-11(18)8-4-5-9(16)13-8/h7-8H,2-5H2,1H3,(H2,12,17)(H,13,16)(H,14,18)/t7-,8+/m0/s1. The number of carbonyl (C=O) groups is 4. The lowest BCUT2D eigenvalue weighted by molar-refractivity contribution is -0.129. The zero-order valence-electron chi connectivity index (χ0n) is 10.2. The van der Waals surface area contributed by atoms with Crippen LogP contribution >= 0.6 is 0 Å². The molecule has 4 N–H and O–H groups in total. The Kier molecular flexibility index (Phi) is 4.82. The third kappa shape index (κ3) is 4.15. The van der Waals surface area contributed by atoms with E-state index in [1.807, 2.05) is 0 Å². The number of ketones is 1. The summed E-state index contributed by atoms with van der Waals surface area (Å²) in [5.74, 6) is -1.39. The molecule has 0 radical (unpaired) electrons. The van der Waals surface area contributed by atoms with E-state index in [0.717, 1.165) is 0 Å². The van der Waals surface area contributed by atoms with Crippen molar-refractivity contribution in [3.05, 3.63) is 0 Å². The summed E-state index contributed by atoms with van der Waals surface area (Å²) < 4.78 is 0. The van der Waals surface area contributed by atoms with Crippen molar-refractivity contribution in [2.45, 2.75) is 44.7 Å². The predicted octanol–water partition coefficient (Wildman–Crippen LogP) is -1.40. The highest BCUT2D eigenvalue weighted by atomic mass is 16.2. The van der Waals surface area contributed by atoms with E-state index in [9.17, 15) is 19.2 Å². The smallest absolute Gasteiger partial charge is 0.243 e. The first-order valence-electron chi connectivity index (χ1n) is 5.78. The third-order valence-electron chi connectivity index (χ3n) is 2.76. The summed E-state index contributed by atoms with van der Waals surface area (Å²) in [6.45, 7) is 1.40. The molecule has 0 saturated carbocycles. The van der Waals surface area contributed by atoms with E-state index in [1.54, 1.807) is 0 Å². The Hall–Kier alpha value is -1.92. The molecule has 0 aliphatic carbocycles. The van der Waals surface area contributed by atoms with E-state index in [0.29, 0.717) is 12.8 Å². The molecule has 1 aliphatic heterocycles. The Morgan fingerprint density at radius 3 is 2.61 bits per heavy atom. The number of Topliss-reactive ketones (excluding diaryl/α,β-unsaturated/α-hetero) is 1. The average molecular weight is 255 g/mol. The lowest BCUT2D eigenvalue weighted by atomic mass is 10.1. The molecule has 7 nitrogen and oxygen atoms in total. The van der Waals surface area contributed by atoms with Crippen LogP contribution in [-0.2, 0) is 19.2 Å². The van der Waals surface area contributed by atoms with Gasteiger partial charge < -0.3 is 21.2 Å². The van der Waals surface area contributed by atoms with Crippen molar-refractivity contribution in [3.8, 4) is 0 Å². The molecule has 0 spiro atoms. The summed E-state index contributed by atoms with van der Waals surface area (Å²) in [5, 5.41) is 4.95. The molecule has 1 heterocycles. The molecule has 0 aromatic heterocycles. The molecule has 1 saturated heterocycles. The van der Waals surface area contributed by atoms with Gasteiger partial charge in [0.15, 0.2) is 0 Å². The highest BCUT2D eigenvalue weighted by Crippen LogP contribution is 2.07. The molecule has 0 aromatic carbocycles. The number of rotatable bonds is 6. The molecule has 7 heteroatoms. The number of amides is 3. The number of carbonyl (C=O) groups excluding carboxylic acids is 4. The van der Waals surface area contributed by atoms with Crippen LogP contribution in [0.4, 0.5) is 0 Å². The second kappa shape index (κ2) is 6.13. The number of primary amides is 1. The van der Waals surface area contributed by atoms with Crippen LogP contribution in [0.5, 0.6) is 0 Å². The summed E-state index contributed by atoms with van der Waals surface area (Å²) in [6, 6.07) is -1.49. The quantitative estimate of drug-likeness (QED) is 0.541. The lowest BCUT2D eigenvalue weighted by Crippen LogP contribution is -2.50. The van der Waals surface area contributed by atoms with Crippen molar-refractivity contribution < 1.29 is 19.2 Å². The fourth-order valence-electron chi connectivity index (χ4n) is 1.72. The summed E-state index contributed by atoms with van der Waals surface area (Å²) >= 11 is 0. The Morgan fingerprint density at radius 1 is 1.50 bits per heavy atom. The zero-order valence-corrected chi connectivity index (χ0v) is 10.2. The van der Waals surface area contributed by atoms with Crippen LogP contribution in [0.1, 0.15) is 32.6 Å². The molecule has 1 rings (SSSR count). The SMILES string of the molecule is CC(=O)CC[C@H](NC(=O)[C@H]1CCC(=O)N1)C(N)=O. The molecule has 18 heavy (non-hydrogen) atoms. The maximum atomic E-state index is 11.7. The van der Waals surface area contributed by atoms with Gasteiger partial charge in [0.05, 0.1) is 0 Å². The van der Waals surface area contributed by atoms with Crippen molar-refractivity contribution in [1.82, 2.24) is 10.6 Å². The largest absolute Gasteiger partial charge is 0.368 e. The molecule has 2 atom stereocenters. The van der Waals surface area contributed by atoms with Crippen LogP contribution in [0, 0.1) is 0 Å². The van der Waals surface area contributed by atoms with Gasteiger partial charge >= 0.3 is 0 Å². The monoisotopic (exact) mass is 255 g/mol. The molecule has 0 aromatic rings. The highest BCUT2D eigenvalue weighted by molar-refractivity contribution is 5.93. The van der Waals surface area contributed by atoms with E-state index in [2.05, 4.69) is 10.6 Å². The number of nitrogens with one attached hydrogen (secondary N) is 2. The fraction of sp³-hybridized carbons (Fsp3) is 0.636. The second-order valence-corrected chi connectivity index (χ2v) is 4.36. The van der Waals surface area contributed by atoms with Crippen molar-refractivity contribution >= 4 is 23.5 Å². The van der Waals surface area contributed by atoms with Gasteiger partial charge in [-0.15, -0.1) is 0 Å². The van der Waals surface area contributed by atoms with Crippen LogP contribution in [-0.4, -0.2) is 35.6 Å². The van der Waals surface area contributed by atoms with Gasteiger partial charge in [-0.25, -0.2) is 0 Å². The lowest BCUT2D eigenvalue weighted by Gasteiger charge is -2.17. The van der Waals surface area contributed by atoms with Crippen LogP contribution in [0.25, 0.3) is 0 Å². The zero-order chi connectivity index (χ0) is 13.7. The van der Waals surface area contributed by atoms with Gasteiger partial charge in [-0.2, -0.15) is 0 Å². The van der Waals surface area contributed by atoms with Crippen LogP contribution < -0.4 is 16.4 Å². The van der Waals surface area contributed by atoms with Crippen molar-refractivity contribution in [2.24, 2.45) is 5.73 Å². The average Bonchev–Trinajstić information content (AvgIpc) is 2.70. The number of hydrogen-bond donors (Lipinski definition) is 3. The van der Waals surface area contributed by atoms with Gasteiger partial charge in [-0.1, -0.05) is 0 Å². The Labute approximate surface area is 104 Å². The van der Waals surface area contributed by atoms with Crippen molar-refractivity contribution in [1.29, 1.82) is 0 Å². The second-order valence-electron chi connectivity index (χ2n) is 4.36. The molecule has 1 fully saturated rings. The van der Waals surface area contributed by atoms with Gasteiger partial charge in [0, 0.05) is 12.8 Å². The minimum absolute atomic E-state index is 0.0790. The number of hydrogen-bond acceptors (Lipinski definition) is 4. The third-order valence-corrected chi connectivity index (χ3v) is 2.76. The van der Waals surface area contributed by atoms with E-state index >= 15 is 0 Å². The Morgan fingerprint density at radius 2 is 2.17 bits per heavy atom. The van der Waals surface area contributed by atoms with E-state index < -0.39 is 23.9 Å². The molecule has 3 amide bonds. The molecule has 0 bridgehead atoms. The van der Waals surface area contributed by atoms with Gasteiger partial charge in [0.1, 0.15) is 17.9 Å². The van der Waals surface area contributed by atoms with Gasteiger partial charge in [0.25, 0.3) is 0 Å². The van der Waals surface area contributed by atoms with E-state index in [1.165, 1.54) is 6.92 Å². The highest BCUT2D eigenvalue weighted by Gasteiger charge is 2.29.